The van der Waals surface area contributed by atoms with E-state index in [9.17, 15) is 5.11 Å². The third-order valence-corrected chi connectivity index (χ3v) is 6.07. The molecule has 1 aliphatic rings. The molecule has 1 aromatic rings. The molecule has 0 aromatic heterocycles. The Balaban J connectivity index is 1.97. The van der Waals surface area contributed by atoms with Crippen LogP contribution in [0.3, 0.4) is 0 Å². The number of benzene rings is 1. The van der Waals surface area contributed by atoms with Crippen LogP contribution in [0.15, 0.2) is 27.1 Å². The van der Waals surface area contributed by atoms with E-state index in [1.54, 1.807) is 0 Å². The highest BCUT2D eigenvalue weighted by Gasteiger charge is 2.32. The Hall–Kier alpha value is 0.1000. The predicted octanol–water partition coefficient (Wildman–Crippen LogP) is 4.24. The first-order valence-corrected chi connectivity index (χ1v) is 8.43. The van der Waals surface area contributed by atoms with Gasteiger partial charge in [-0.15, -0.1) is 0 Å². The van der Waals surface area contributed by atoms with E-state index in [1.165, 1.54) is 18.4 Å². The van der Waals surface area contributed by atoms with Crippen LogP contribution in [0, 0.1) is 5.92 Å². The van der Waals surface area contributed by atoms with Crippen LogP contribution < -0.4 is 5.32 Å². The summed E-state index contributed by atoms with van der Waals surface area (Å²) in [5.74, 6) is 0.795. The van der Waals surface area contributed by atoms with Crippen molar-refractivity contribution in [2.75, 3.05) is 6.61 Å². The van der Waals surface area contributed by atoms with Gasteiger partial charge in [-0.05, 0) is 81.2 Å². The van der Waals surface area contributed by atoms with Crippen LogP contribution in [-0.4, -0.2) is 17.3 Å². The van der Waals surface area contributed by atoms with Crippen LogP contribution in [0.2, 0.25) is 0 Å². The van der Waals surface area contributed by atoms with E-state index in [-0.39, 0.29) is 12.1 Å². The molecule has 19 heavy (non-hydrogen) atoms. The van der Waals surface area contributed by atoms with Crippen LogP contribution in [0.4, 0.5) is 0 Å². The fourth-order valence-corrected chi connectivity index (χ4v) is 3.32. The summed E-state index contributed by atoms with van der Waals surface area (Å²) in [5.41, 5.74) is 1.16. The molecular formula is C15H21Br2NO. The molecule has 0 amide bonds. The summed E-state index contributed by atoms with van der Waals surface area (Å²) in [4.78, 5) is 0. The van der Waals surface area contributed by atoms with Crippen molar-refractivity contribution in [1.82, 2.24) is 5.32 Å². The number of nitrogens with one attached hydrogen (secondary N) is 1. The van der Waals surface area contributed by atoms with Crippen LogP contribution in [0.5, 0.6) is 0 Å². The van der Waals surface area contributed by atoms with Crippen molar-refractivity contribution in [2.45, 2.75) is 44.7 Å². The molecule has 106 valence electrons. The molecule has 0 bridgehead atoms. The average molecular weight is 391 g/mol. The minimum absolute atomic E-state index is 0.0773. The molecule has 0 aliphatic heterocycles. The van der Waals surface area contributed by atoms with E-state index < -0.39 is 0 Å². The second-order valence-corrected chi connectivity index (χ2v) is 7.43. The lowest BCUT2D eigenvalue weighted by Crippen LogP contribution is -2.50. The lowest BCUT2D eigenvalue weighted by Gasteiger charge is -2.39. The molecule has 0 unspecified atom stereocenters. The fraction of sp³-hybridized carbons (Fsp3) is 0.600. The Kier molecular flexibility index (Phi) is 5.46. The molecule has 2 N–H and O–H groups in total. The number of rotatable bonds is 4. The maximum atomic E-state index is 9.73. The Morgan fingerprint density at radius 3 is 2.53 bits per heavy atom. The summed E-state index contributed by atoms with van der Waals surface area (Å²) < 4.78 is 2.14. The maximum Gasteiger partial charge on any atom is 0.0613 e. The first kappa shape index (κ1) is 15.5. The van der Waals surface area contributed by atoms with Gasteiger partial charge in [0.1, 0.15) is 0 Å². The quantitative estimate of drug-likeness (QED) is 0.805. The van der Waals surface area contributed by atoms with E-state index in [2.05, 4.69) is 62.3 Å². The Labute approximate surface area is 132 Å². The van der Waals surface area contributed by atoms with Crippen LogP contribution >= 0.6 is 31.9 Å². The van der Waals surface area contributed by atoms with E-state index in [0.29, 0.717) is 0 Å². The van der Waals surface area contributed by atoms with Gasteiger partial charge >= 0.3 is 0 Å². The molecule has 0 heterocycles. The van der Waals surface area contributed by atoms with Gasteiger partial charge in [0, 0.05) is 21.0 Å². The van der Waals surface area contributed by atoms with Gasteiger partial charge in [0.15, 0.2) is 0 Å². The van der Waals surface area contributed by atoms with Crippen LogP contribution in [0.25, 0.3) is 0 Å². The molecule has 4 heteroatoms. The summed E-state index contributed by atoms with van der Waals surface area (Å²) in [6, 6.07) is 6.28. The second-order valence-electron chi connectivity index (χ2n) is 5.72. The molecule has 2 nitrogen and oxygen atoms in total. The van der Waals surface area contributed by atoms with Gasteiger partial charge < -0.3 is 10.4 Å². The normalized spacial score (nSPS) is 27.5. The lowest BCUT2D eigenvalue weighted by atomic mass is 9.77. The van der Waals surface area contributed by atoms with Crippen molar-refractivity contribution in [1.29, 1.82) is 0 Å². The van der Waals surface area contributed by atoms with Crippen LogP contribution in [-0.2, 0) is 6.54 Å². The number of hydrogen-bond acceptors (Lipinski definition) is 2. The summed E-state index contributed by atoms with van der Waals surface area (Å²) in [6.45, 7) is 3.34. The maximum absolute atomic E-state index is 9.73. The molecule has 0 radical (unpaired) electrons. The van der Waals surface area contributed by atoms with E-state index in [0.717, 1.165) is 34.2 Å². The van der Waals surface area contributed by atoms with Crippen molar-refractivity contribution in [3.63, 3.8) is 0 Å². The number of aliphatic hydroxyl groups excluding tert-OH is 1. The van der Waals surface area contributed by atoms with Gasteiger partial charge in [-0.25, -0.2) is 0 Å². The number of hydrogen-bond donors (Lipinski definition) is 2. The van der Waals surface area contributed by atoms with Gasteiger partial charge in [-0.3, -0.25) is 0 Å². The summed E-state index contributed by atoms with van der Waals surface area (Å²) in [6.07, 6.45) is 4.56. The highest BCUT2D eigenvalue weighted by Crippen LogP contribution is 2.32. The van der Waals surface area contributed by atoms with Crippen molar-refractivity contribution >= 4 is 31.9 Å². The standard InChI is InChI=1S/C15H21Br2NO/c1-11-4-6-15(10-19,7-5-11)18-9-12-2-3-13(16)14(17)8-12/h2-3,8,11,18-19H,4-7,9-10H2,1H3. The summed E-state index contributed by atoms with van der Waals surface area (Å²) in [7, 11) is 0. The summed E-state index contributed by atoms with van der Waals surface area (Å²) >= 11 is 7.01. The largest absolute Gasteiger partial charge is 0.394 e. The van der Waals surface area contributed by atoms with Gasteiger partial charge in [-0.1, -0.05) is 13.0 Å². The smallest absolute Gasteiger partial charge is 0.0613 e. The molecule has 0 spiro atoms. The Morgan fingerprint density at radius 2 is 1.95 bits per heavy atom. The van der Waals surface area contributed by atoms with Crippen molar-refractivity contribution in [3.8, 4) is 0 Å². The van der Waals surface area contributed by atoms with Crippen LogP contribution in [0.1, 0.15) is 38.2 Å². The van der Waals surface area contributed by atoms with Gasteiger partial charge in [-0.2, -0.15) is 0 Å². The molecular weight excluding hydrogens is 370 g/mol. The summed E-state index contributed by atoms with van der Waals surface area (Å²) in [5, 5.41) is 13.3. The average Bonchev–Trinajstić information content (AvgIpc) is 2.42. The second kappa shape index (κ2) is 6.70. The van der Waals surface area contributed by atoms with Crippen molar-refractivity contribution in [2.24, 2.45) is 5.92 Å². The number of halogens is 2. The molecule has 1 aliphatic carbocycles. The molecule has 1 aromatic carbocycles. The molecule has 2 rings (SSSR count). The van der Waals surface area contributed by atoms with Crippen molar-refractivity contribution in [3.05, 3.63) is 32.7 Å². The SMILES string of the molecule is CC1CCC(CO)(NCc2ccc(Br)c(Br)c2)CC1. The zero-order chi connectivity index (χ0) is 13.9. The van der Waals surface area contributed by atoms with Gasteiger partial charge in [0.2, 0.25) is 0 Å². The Bertz CT molecular complexity index is 428. The molecule has 0 saturated heterocycles. The lowest BCUT2D eigenvalue weighted by molar-refractivity contribution is 0.104. The Morgan fingerprint density at radius 1 is 1.26 bits per heavy atom. The number of aliphatic hydroxyl groups is 1. The molecule has 1 saturated carbocycles. The zero-order valence-electron chi connectivity index (χ0n) is 11.3. The minimum atomic E-state index is -0.0773. The topological polar surface area (TPSA) is 32.3 Å². The van der Waals surface area contributed by atoms with E-state index in [4.69, 9.17) is 0 Å². The van der Waals surface area contributed by atoms with E-state index >= 15 is 0 Å². The highest BCUT2D eigenvalue weighted by molar-refractivity contribution is 9.13. The first-order valence-electron chi connectivity index (χ1n) is 6.84. The molecule has 1 fully saturated rings. The fourth-order valence-electron chi connectivity index (χ4n) is 2.64. The third-order valence-electron chi connectivity index (χ3n) is 4.19. The first-order chi connectivity index (χ1) is 9.04. The van der Waals surface area contributed by atoms with E-state index in [1.807, 2.05) is 0 Å². The van der Waals surface area contributed by atoms with Gasteiger partial charge in [0.05, 0.1) is 6.61 Å². The highest BCUT2D eigenvalue weighted by atomic mass is 79.9. The zero-order valence-corrected chi connectivity index (χ0v) is 14.4. The monoisotopic (exact) mass is 389 g/mol. The minimum Gasteiger partial charge on any atom is -0.394 e. The molecule has 0 atom stereocenters. The third kappa shape index (κ3) is 4.03. The van der Waals surface area contributed by atoms with Crippen molar-refractivity contribution < 1.29 is 5.11 Å². The van der Waals surface area contributed by atoms with Gasteiger partial charge in [0.25, 0.3) is 0 Å². The predicted molar refractivity (Wildman–Crippen MR) is 86.1 cm³/mol.